The second-order valence-corrected chi connectivity index (χ2v) is 3.25. The zero-order valence-corrected chi connectivity index (χ0v) is 8.88. The molecule has 0 saturated carbocycles. The van der Waals surface area contributed by atoms with Gasteiger partial charge in [-0.15, -0.1) is 0 Å². The molecule has 0 aliphatic carbocycles. The normalized spacial score (nSPS) is 11.6. The largest absolute Gasteiger partial charge is 0.460 e. The van der Waals surface area contributed by atoms with Gasteiger partial charge in [0.25, 0.3) is 0 Å². The second kappa shape index (κ2) is 5.87. The summed E-state index contributed by atoms with van der Waals surface area (Å²) in [4.78, 5) is 26.2. The van der Waals surface area contributed by atoms with Gasteiger partial charge in [0.15, 0.2) is 5.92 Å². The summed E-state index contributed by atoms with van der Waals surface area (Å²) in [6, 6.07) is 9.17. The molecule has 0 bridgehead atoms. The molecule has 86 valence electrons. The number of hydrogen-bond donors (Lipinski definition) is 1. The van der Waals surface area contributed by atoms with Crippen molar-refractivity contribution in [1.82, 2.24) is 0 Å². The monoisotopic (exact) mass is 223 g/mol. The first-order chi connectivity index (χ1) is 7.65. The summed E-state index contributed by atoms with van der Waals surface area (Å²) >= 11 is 0. The number of ether oxygens (including phenoxy) is 1. The van der Waals surface area contributed by atoms with Crippen LogP contribution in [0.2, 0.25) is 0 Å². The van der Waals surface area contributed by atoms with Crippen LogP contribution in [-0.4, -0.2) is 11.9 Å². The SMILES string of the molecule is C[C@H](C(=O)ON)C(=O)OCc1ccccc1. The lowest BCUT2D eigenvalue weighted by Gasteiger charge is -2.08. The van der Waals surface area contributed by atoms with E-state index in [0.717, 1.165) is 5.56 Å². The second-order valence-electron chi connectivity index (χ2n) is 3.25. The predicted molar refractivity (Wildman–Crippen MR) is 55.7 cm³/mol. The van der Waals surface area contributed by atoms with E-state index in [4.69, 9.17) is 4.74 Å². The van der Waals surface area contributed by atoms with Crippen molar-refractivity contribution in [3.63, 3.8) is 0 Å². The summed E-state index contributed by atoms with van der Waals surface area (Å²) in [6.07, 6.45) is 0. The van der Waals surface area contributed by atoms with E-state index >= 15 is 0 Å². The van der Waals surface area contributed by atoms with Crippen LogP contribution in [0.5, 0.6) is 0 Å². The van der Waals surface area contributed by atoms with E-state index in [9.17, 15) is 9.59 Å². The average Bonchev–Trinajstić information content (AvgIpc) is 2.35. The molecule has 0 spiro atoms. The molecule has 0 radical (unpaired) electrons. The number of rotatable bonds is 4. The van der Waals surface area contributed by atoms with Gasteiger partial charge in [-0.1, -0.05) is 30.3 Å². The number of hydrogen-bond acceptors (Lipinski definition) is 5. The summed E-state index contributed by atoms with van der Waals surface area (Å²) in [5, 5.41) is 0. The summed E-state index contributed by atoms with van der Waals surface area (Å²) in [7, 11) is 0. The molecule has 1 aromatic carbocycles. The van der Waals surface area contributed by atoms with E-state index < -0.39 is 17.9 Å². The van der Waals surface area contributed by atoms with Crippen LogP contribution in [0.3, 0.4) is 0 Å². The maximum Gasteiger partial charge on any atom is 0.338 e. The Hall–Kier alpha value is -1.88. The van der Waals surface area contributed by atoms with Crippen LogP contribution in [-0.2, 0) is 25.8 Å². The number of benzene rings is 1. The number of esters is 1. The Balaban J connectivity index is 2.44. The molecule has 0 fully saturated rings. The summed E-state index contributed by atoms with van der Waals surface area (Å²) < 4.78 is 4.92. The van der Waals surface area contributed by atoms with Crippen molar-refractivity contribution in [3.05, 3.63) is 35.9 Å². The third-order valence-electron chi connectivity index (χ3n) is 2.05. The first kappa shape index (κ1) is 12.2. The molecule has 0 aliphatic rings. The predicted octanol–water partition coefficient (Wildman–Crippen LogP) is 0.783. The van der Waals surface area contributed by atoms with Crippen molar-refractivity contribution in [2.45, 2.75) is 13.5 Å². The van der Waals surface area contributed by atoms with Gasteiger partial charge in [-0.25, -0.2) is 4.79 Å². The van der Waals surface area contributed by atoms with Crippen molar-refractivity contribution in [1.29, 1.82) is 0 Å². The van der Waals surface area contributed by atoms with Crippen LogP contribution >= 0.6 is 0 Å². The van der Waals surface area contributed by atoms with Gasteiger partial charge in [0.1, 0.15) is 6.61 Å². The fraction of sp³-hybridized carbons (Fsp3) is 0.273. The van der Waals surface area contributed by atoms with Gasteiger partial charge in [0.2, 0.25) is 0 Å². The fourth-order valence-corrected chi connectivity index (χ4v) is 1.05. The van der Waals surface area contributed by atoms with Crippen molar-refractivity contribution in [3.8, 4) is 0 Å². The lowest BCUT2D eigenvalue weighted by molar-refractivity contribution is -0.162. The highest BCUT2D eigenvalue weighted by Gasteiger charge is 2.24. The fourth-order valence-electron chi connectivity index (χ4n) is 1.05. The maximum atomic E-state index is 11.3. The minimum absolute atomic E-state index is 0.127. The summed E-state index contributed by atoms with van der Waals surface area (Å²) in [5.74, 6) is 2.19. The van der Waals surface area contributed by atoms with Gasteiger partial charge in [0, 0.05) is 0 Å². The number of carbonyl (C=O) groups excluding carboxylic acids is 2. The van der Waals surface area contributed by atoms with Crippen LogP contribution in [0.1, 0.15) is 12.5 Å². The molecule has 0 unspecified atom stereocenters. The van der Waals surface area contributed by atoms with Crippen molar-refractivity contribution in [2.75, 3.05) is 0 Å². The highest BCUT2D eigenvalue weighted by Crippen LogP contribution is 2.05. The van der Waals surface area contributed by atoms with E-state index in [1.807, 2.05) is 30.3 Å². The number of nitrogens with two attached hydrogens (primary N) is 1. The van der Waals surface area contributed by atoms with Gasteiger partial charge < -0.3 is 9.57 Å². The Labute approximate surface area is 93.1 Å². The van der Waals surface area contributed by atoms with E-state index in [-0.39, 0.29) is 6.61 Å². The highest BCUT2D eigenvalue weighted by atomic mass is 16.7. The third-order valence-corrected chi connectivity index (χ3v) is 2.05. The molecule has 2 N–H and O–H groups in total. The Kier molecular flexibility index (Phi) is 4.47. The van der Waals surface area contributed by atoms with E-state index in [2.05, 4.69) is 10.7 Å². The van der Waals surface area contributed by atoms with Gasteiger partial charge in [0.05, 0.1) is 0 Å². The van der Waals surface area contributed by atoms with E-state index in [1.165, 1.54) is 6.92 Å². The summed E-state index contributed by atoms with van der Waals surface area (Å²) in [6.45, 7) is 1.50. The average molecular weight is 223 g/mol. The molecule has 16 heavy (non-hydrogen) atoms. The Morgan fingerprint density at radius 2 is 1.88 bits per heavy atom. The molecule has 0 heterocycles. The van der Waals surface area contributed by atoms with Crippen molar-refractivity contribution in [2.24, 2.45) is 11.8 Å². The Bertz CT molecular complexity index is 364. The smallest absolute Gasteiger partial charge is 0.338 e. The minimum atomic E-state index is -1.01. The Morgan fingerprint density at radius 3 is 2.44 bits per heavy atom. The molecule has 1 aromatic rings. The maximum absolute atomic E-state index is 11.3. The van der Waals surface area contributed by atoms with Gasteiger partial charge in [-0.05, 0) is 12.5 Å². The van der Waals surface area contributed by atoms with Crippen molar-refractivity contribution >= 4 is 11.9 Å². The molecule has 5 heteroatoms. The lowest BCUT2D eigenvalue weighted by atomic mass is 10.2. The van der Waals surface area contributed by atoms with Crippen LogP contribution in [0.25, 0.3) is 0 Å². The topological polar surface area (TPSA) is 78.6 Å². The van der Waals surface area contributed by atoms with Crippen molar-refractivity contribution < 1.29 is 19.2 Å². The Morgan fingerprint density at radius 1 is 1.25 bits per heavy atom. The van der Waals surface area contributed by atoms with Gasteiger partial charge in [-0.2, -0.15) is 5.90 Å². The molecule has 5 nitrogen and oxygen atoms in total. The molecular weight excluding hydrogens is 210 g/mol. The molecule has 1 rings (SSSR count). The van der Waals surface area contributed by atoms with Crippen LogP contribution in [0.4, 0.5) is 0 Å². The van der Waals surface area contributed by atoms with Crippen LogP contribution in [0, 0.1) is 5.92 Å². The molecule has 0 aromatic heterocycles. The van der Waals surface area contributed by atoms with Gasteiger partial charge in [-0.3, -0.25) is 4.79 Å². The molecule has 0 saturated heterocycles. The zero-order chi connectivity index (χ0) is 12.0. The molecule has 1 atom stereocenters. The molecule has 0 aliphatic heterocycles. The molecule has 0 amide bonds. The standard InChI is InChI=1S/C11H13NO4/c1-8(11(14)16-12)10(13)15-7-9-5-3-2-4-6-9/h2-6,8H,7,12H2,1H3/t8-/m0/s1. The quantitative estimate of drug-likeness (QED) is 0.463. The molecular formula is C11H13NO4. The van der Waals surface area contributed by atoms with Crippen LogP contribution < -0.4 is 5.90 Å². The summed E-state index contributed by atoms with van der Waals surface area (Å²) in [5.41, 5.74) is 0.851. The van der Waals surface area contributed by atoms with Crippen LogP contribution in [0.15, 0.2) is 30.3 Å². The van der Waals surface area contributed by atoms with Gasteiger partial charge >= 0.3 is 11.9 Å². The van der Waals surface area contributed by atoms with E-state index in [1.54, 1.807) is 0 Å². The first-order valence-electron chi connectivity index (χ1n) is 4.76. The van der Waals surface area contributed by atoms with E-state index in [0.29, 0.717) is 0 Å². The lowest BCUT2D eigenvalue weighted by Crippen LogP contribution is -2.27. The number of carbonyl (C=O) groups is 2. The first-order valence-corrected chi connectivity index (χ1v) is 4.76. The zero-order valence-electron chi connectivity index (χ0n) is 8.88. The third kappa shape index (κ3) is 3.36. The highest BCUT2D eigenvalue weighted by molar-refractivity contribution is 5.94. The minimum Gasteiger partial charge on any atom is -0.460 e.